The number of thiazole rings is 1. The van der Waals surface area contributed by atoms with Crippen LogP contribution >= 0.6 is 34.5 Å². The molecule has 1 amide bonds. The van der Waals surface area contributed by atoms with Crippen LogP contribution in [0.4, 0.5) is 10.9 Å². The molecule has 1 aliphatic carbocycles. The number of H-pyrrole nitrogens is 1. The largest absolute Gasteiger partial charge is 0.477 e. The molecule has 0 bridgehead atoms. The minimum atomic E-state index is -1.07. The number of aromatic amines is 1. The van der Waals surface area contributed by atoms with Gasteiger partial charge in [0.05, 0.1) is 34.6 Å². The van der Waals surface area contributed by atoms with Gasteiger partial charge in [-0.1, -0.05) is 47.4 Å². The number of methoxy groups -OCH3 is 1. The predicted molar refractivity (Wildman–Crippen MR) is 175 cm³/mol. The Bertz CT molecular complexity index is 1520. The summed E-state index contributed by atoms with van der Waals surface area (Å²) in [5.41, 5.74) is 1.54. The van der Waals surface area contributed by atoms with Crippen molar-refractivity contribution in [1.29, 1.82) is 0 Å². The van der Waals surface area contributed by atoms with E-state index in [4.69, 9.17) is 32.9 Å². The lowest BCUT2D eigenvalue weighted by atomic mass is 10.0. The number of piperidine rings is 1. The Morgan fingerprint density at radius 3 is 2.44 bits per heavy atom. The summed E-state index contributed by atoms with van der Waals surface area (Å²) in [6, 6.07) is -0.293. The van der Waals surface area contributed by atoms with Gasteiger partial charge < -0.3 is 29.9 Å². The number of nitrogens with zero attached hydrogens (tertiary/aromatic N) is 6. The molecule has 2 atom stereocenters. The Labute approximate surface area is 276 Å². The molecular weight excluding hydrogens is 639 g/mol. The fraction of sp³-hybridized carbons (Fsp3) is 0.567. The summed E-state index contributed by atoms with van der Waals surface area (Å²) < 4.78 is 5.74. The zero-order valence-electron chi connectivity index (χ0n) is 25.4. The normalized spacial score (nSPS) is 21.4. The topological polar surface area (TPSA) is 140 Å². The molecule has 2 aliphatic heterocycles. The van der Waals surface area contributed by atoms with E-state index in [0.717, 1.165) is 49.3 Å². The van der Waals surface area contributed by atoms with Gasteiger partial charge in [-0.2, -0.15) is 0 Å². The number of ether oxygens (including phenoxy) is 1. The Hall–Kier alpha value is -2.97. The van der Waals surface area contributed by atoms with Crippen molar-refractivity contribution in [1.82, 2.24) is 30.2 Å². The monoisotopic (exact) mass is 676 g/mol. The summed E-state index contributed by atoms with van der Waals surface area (Å²) in [7, 11) is 1.58. The quantitative estimate of drug-likeness (QED) is 0.295. The summed E-state index contributed by atoms with van der Waals surface area (Å²) in [5, 5.41) is 14.1. The van der Waals surface area contributed by atoms with Crippen molar-refractivity contribution < 1.29 is 19.4 Å². The molecule has 45 heavy (non-hydrogen) atoms. The van der Waals surface area contributed by atoms with Gasteiger partial charge in [0.1, 0.15) is 27.8 Å². The van der Waals surface area contributed by atoms with Crippen LogP contribution in [0.25, 0.3) is 11.4 Å². The summed E-state index contributed by atoms with van der Waals surface area (Å²) in [6.45, 7) is 7.68. The van der Waals surface area contributed by atoms with Crippen LogP contribution in [-0.2, 0) is 4.74 Å². The number of anilines is 2. The molecule has 15 heteroatoms. The summed E-state index contributed by atoms with van der Waals surface area (Å²) >= 11 is 13.5. The van der Waals surface area contributed by atoms with Gasteiger partial charge in [-0.3, -0.25) is 9.69 Å². The van der Waals surface area contributed by atoms with Gasteiger partial charge in [0.25, 0.3) is 5.91 Å². The van der Waals surface area contributed by atoms with E-state index >= 15 is 0 Å². The fourth-order valence-corrected chi connectivity index (χ4v) is 7.92. The highest BCUT2D eigenvalue weighted by Gasteiger charge is 2.34. The van der Waals surface area contributed by atoms with E-state index in [0.29, 0.717) is 46.7 Å². The highest BCUT2D eigenvalue weighted by Crippen LogP contribution is 2.35. The van der Waals surface area contributed by atoms with E-state index in [1.807, 2.05) is 4.90 Å². The number of carboxylic acids is 1. The van der Waals surface area contributed by atoms with Crippen LogP contribution in [0.5, 0.6) is 0 Å². The maximum Gasteiger partial charge on any atom is 0.348 e. The van der Waals surface area contributed by atoms with E-state index < -0.39 is 5.97 Å². The van der Waals surface area contributed by atoms with Crippen LogP contribution in [0.15, 0.2) is 12.4 Å². The van der Waals surface area contributed by atoms with Crippen molar-refractivity contribution in [3.63, 3.8) is 0 Å². The maximum atomic E-state index is 12.9. The molecule has 3 N–H and O–H groups in total. The molecule has 3 fully saturated rings. The van der Waals surface area contributed by atoms with Gasteiger partial charge in [-0.25, -0.2) is 19.7 Å². The van der Waals surface area contributed by atoms with Crippen molar-refractivity contribution in [2.75, 3.05) is 62.7 Å². The minimum Gasteiger partial charge on any atom is -0.477 e. The van der Waals surface area contributed by atoms with E-state index in [-0.39, 0.29) is 33.6 Å². The lowest BCUT2D eigenvalue weighted by Gasteiger charge is -2.37. The summed E-state index contributed by atoms with van der Waals surface area (Å²) in [5.74, 6) is 0.193. The van der Waals surface area contributed by atoms with Crippen molar-refractivity contribution in [3.8, 4) is 11.4 Å². The Morgan fingerprint density at radius 2 is 1.82 bits per heavy atom. The van der Waals surface area contributed by atoms with Gasteiger partial charge in [0, 0.05) is 58.6 Å². The van der Waals surface area contributed by atoms with Gasteiger partial charge >= 0.3 is 5.97 Å². The van der Waals surface area contributed by atoms with Crippen LogP contribution < -0.4 is 15.1 Å². The smallest absolute Gasteiger partial charge is 0.348 e. The number of carbonyl (C=O) groups is 2. The van der Waals surface area contributed by atoms with Crippen LogP contribution in [0.1, 0.15) is 58.0 Å². The Balaban J connectivity index is 1.10. The predicted octanol–water partition coefficient (Wildman–Crippen LogP) is 4.58. The standard InChI is InChI=1S/C30H38Cl2N8O4S/c1-17-23(31)24(32)26(35-17)28(41)36-19-7-8-40(16-21(19)44-2)30-37-25(27(45-30)29(42)43)20-13-34-22(14-33-20)39-11-9-38(10-12-39)15-18-5-3-4-6-18/h13-14,18-19,21,35H,3-12,15-16H2,1-2H3,(H,36,41)(H,42,43)/t19-,21+/m1/s1. The molecule has 3 aromatic heterocycles. The van der Waals surface area contributed by atoms with Gasteiger partial charge in [0.2, 0.25) is 0 Å². The lowest BCUT2D eigenvalue weighted by molar-refractivity contribution is 0.0540. The van der Waals surface area contributed by atoms with Crippen LogP contribution in [0, 0.1) is 12.8 Å². The third-order valence-corrected chi connectivity index (χ3v) is 11.2. The van der Waals surface area contributed by atoms with Gasteiger partial charge in [-0.15, -0.1) is 0 Å². The summed E-state index contributed by atoms with van der Waals surface area (Å²) in [6.07, 6.45) is 8.95. The first-order valence-electron chi connectivity index (χ1n) is 15.4. The van der Waals surface area contributed by atoms with E-state index in [9.17, 15) is 14.7 Å². The number of nitrogens with one attached hydrogen (secondary N) is 2. The average molecular weight is 678 g/mol. The second-order valence-corrected chi connectivity index (χ2v) is 13.8. The maximum absolute atomic E-state index is 12.9. The highest BCUT2D eigenvalue weighted by atomic mass is 35.5. The highest BCUT2D eigenvalue weighted by molar-refractivity contribution is 7.17. The Morgan fingerprint density at radius 1 is 1.07 bits per heavy atom. The third kappa shape index (κ3) is 6.92. The second-order valence-electron chi connectivity index (χ2n) is 12.0. The number of hydrogen-bond acceptors (Lipinski definition) is 10. The number of hydrogen-bond donors (Lipinski definition) is 3. The third-order valence-electron chi connectivity index (χ3n) is 9.11. The van der Waals surface area contributed by atoms with Crippen LogP contribution in [0.3, 0.4) is 0 Å². The second kappa shape index (κ2) is 13.8. The number of amides is 1. The molecule has 5 heterocycles. The number of aromatic nitrogens is 4. The molecule has 12 nitrogen and oxygen atoms in total. The number of aromatic carboxylic acids is 1. The lowest BCUT2D eigenvalue weighted by Crippen LogP contribution is -2.55. The van der Waals surface area contributed by atoms with E-state index in [1.165, 1.54) is 32.2 Å². The summed E-state index contributed by atoms with van der Waals surface area (Å²) in [4.78, 5) is 49.0. The molecule has 0 radical (unpaired) electrons. The van der Waals surface area contributed by atoms with Crippen molar-refractivity contribution in [3.05, 3.63) is 38.7 Å². The molecule has 0 unspecified atom stereocenters. The molecule has 1 saturated carbocycles. The minimum absolute atomic E-state index is 0.102. The molecule has 3 aliphatic rings. The number of rotatable bonds is 9. The molecule has 2 saturated heterocycles. The first-order valence-corrected chi connectivity index (χ1v) is 16.9. The molecule has 0 aromatic carbocycles. The van der Waals surface area contributed by atoms with Crippen molar-refractivity contribution in [2.45, 2.75) is 51.2 Å². The molecule has 0 spiro atoms. The van der Waals surface area contributed by atoms with Crippen molar-refractivity contribution in [2.24, 2.45) is 5.92 Å². The first-order chi connectivity index (χ1) is 21.7. The first kappa shape index (κ1) is 32.0. The van der Waals surface area contributed by atoms with Crippen LogP contribution in [0.2, 0.25) is 10.0 Å². The number of carbonyl (C=O) groups excluding carboxylic acids is 1. The molecule has 3 aromatic rings. The van der Waals surface area contributed by atoms with Gasteiger partial charge in [-0.05, 0) is 32.1 Å². The SMILES string of the molecule is CO[C@H]1CN(c2nc(-c3cnc(N4CCN(CC5CCCC5)CC4)cn3)c(C(=O)O)s2)CC[C@H]1NC(=O)c1[nH]c(C)c(Cl)c1Cl. The zero-order chi connectivity index (χ0) is 31.7. The number of carboxylic acid groups (broad SMARTS) is 1. The number of halogens is 2. The van der Waals surface area contributed by atoms with E-state index in [2.05, 4.69) is 30.1 Å². The average Bonchev–Trinajstić information content (AvgIpc) is 3.79. The van der Waals surface area contributed by atoms with Crippen molar-refractivity contribution >= 4 is 57.4 Å². The van der Waals surface area contributed by atoms with E-state index in [1.54, 1.807) is 26.4 Å². The number of piperazine rings is 1. The number of aryl methyl sites for hydroxylation is 1. The molecular formula is C30H38Cl2N8O4S. The molecule has 242 valence electrons. The van der Waals surface area contributed by atoms with Gasteiger partial charge in [0.15, 0.2) is 5.13 Å². The Kier molecular flexibility index (Phi) is 9.81. The molecule has 6 rings (SSSR count). The zero-order valence-corrected chi connectivity index (χ0v) is 27.7. The fourth-order valence-electron chi connectivity index (χ4n) is 6.55. The van der Waals surface area contributed by atoms with Crippen LogP contribution in [-0.4, -0.2) is 107 Å².